The Labute approximate surface area is 88.6 Å². The quantitative estimate of drug-likeness (QED) is 0.651. The van der Waals surface area contributed by atoms with Crippen molar-refractivity contribution >= 4 is 0 Å². The molecule has 2 rings (SSSR count). The van der Waals surface area contributed by atoms with Gasteiger partial charge in [-0.25, -0.2) is 8.78 Å². The van der Waals surface area contributed by atoms with Gasteiger partial charge in [0.25, 0.3) is 0 Å². The zero-order chi connectivity index (χ0) is 11.0. The Morgan fingerprint density at radius 3 is 2.13 bits per heavy atom. The summed E-state index contributed by atoms with van der Waals surface area (Å²) in [5, 5.41) is 0. The van der Waals surface area contributed by atoms with Crippen LogP contribution in [-0.2, 0) is 12.8 Å². The van der Waals surface area contributed by atoms with Crippen LogP contribution in [0.25, 0.3) is 0 Å². The second kappa shape index (κ2) is 3.76. The maximum atomic E-state index is 13.0. The smallest absolute Gasteiger partial charge is 0.159 e. The van der Waals surface area contributed by atoms with Crippen LogP contribution in [0.5, 0.6) is 0 Å². The third-order valence-corrected chi connectivity index (χ3v) is 3.21. The normalized spacial score (nSPS) is 15.4. The van der Waals surface area contributed by atoms with E-state index in [2.05, 4.69) is 13.5 Å². The van der Waals surface area contributed by atoms with Gasteiger partial charge in [-0.05, 0) is 48.4 Å². The molecule has 0 spiro atoms. The molecule has 0 aliphatic heterocycles. The first kappa shape index (κ1) is 10.3. The lowest BCUT2D eigenvalue weighted by molar-refractivity contribution is 0.507. The molecule has 80 valence electrons. The van der Waals surface area contributed by atoms with Gasteiger partial charge in [0.05, 0.1) is 0 Å². The van der Waals surface area contributed by atoms with E-state index in [1.165, 1.54) is 17.7 Å². The van der Waals surface area contributed by atoms with Crippen LogP contribution in [0.4, 0.5) is 8.78 Å². The van der Waals surface area contributed by atoms with Crippen molar-refractivity contribution in [2.24, 2.45) is 5.92 Å². The van der Waals surface area contributed by atoms with Gasteiger partial charge in [0.15, 0.2) is 11.6 Å². The van der Waals surface area contributed by atoms with Gasteiger partial charge >= 0.3 is 0 Å². The molecule has 0 nitrogen and oxygen atoms in total. The van der Waals surface area contributed by atoms with Crippen molar-refractivity contribution in [3.8, 4) is 0 Å². The Hall–Kier alpha value is -1.18. The summed E-state index contributed by atoms with van der Waals surface area (Å²) in [6, 6.07) is 2.65. The second-order valence-electron chi connectivity index (χ2n) is 4.15. The molecule has 1 aliphatic rings. The van der Waals surface area contributed by atoms with Gasteiger partial charge < -0.3 is 0 Å². The first-order chi connectivity index (χ1) is 7.11. The molecule has 0 atom stereocenters. The van der Waals surface area contributed by atoms with E-state index in [0.29, 0.717) is 5.92 Å². The molecule has 0 unspecified atom stereocenters. The van der Waals surface area contributed by atoms with Gasteiger partial charge in [0.2, 0.25) is 0 Å². The van der Waals surface area contributed by atoms with Gasteiger partial charge in [0.1, 0.15) is 0 Å². The molecule has 0 aromatic heterocycles. The first-order valence-electron chi connectivity index (χ1n) is 5.26. The van der Waals surface area contributed by atoms with Crippen LogP contribution in [0.15, 0.2) is 24.3 Å². The van der Waals surface area contributed by atoms with Crippen LogP contribution >= 0.6 is 0 Å². The molecule has 1 aromatic rings. The fraction of sp³-hybridized carbons (Fsp3) is 0.385. The highest BCUT2D eigenvalue weighted by Crippen LogP contribution is 2.33. The minimum atomic E-state index is -0.739. The molecule has 15 heavy (non-hydrogen) atoms. The molecule has 0 saturated carbocycles. The number of allylic oxidation sites excluding steroid dienone is 1. The van der Waals surface area contributed by atoms with Crippen molar-refractivity contribution < 1.29 is 8.78 Å². The van der Waals surface area contributed by atoms with E-state index in [1.54, 1.807) is 0 Å². The summed E-state index contributed by atoms with van der Waals surface area (Å²) in [6.45, 7) is 6.06. The summed E-state index contributed by atoms with van der Waals surface area (Å²) in [4.78, 5) is 0. The topological polar surface area (TPSA) is 0 Å². The molecule has 0 N–H and O–H groups in total. The number of benzene rings is 1. The predicted molar refractivity (Wildman–Crippen MR) is 56.7 cm³/mol. The molecule has 0 saturated heterocycles. The third kappa shape index (κ3) is 1.81. The molecule has 2 heteroatoms. The molecule has 0 amide bonds. The molecular weight excluding hydrogens is 194 g/mol. The van der Waals surface area contributed by atoms with Gasteiger partial charge in [-0.1, -0.05) is 19.1 Å². The van der Waals surface area contributed by atoms with Gasteiger partial charge in [-0.15, -0.1) is 0 Å². The Bertz CT molecular complexity index is 376. The van der Waals surface area contributed by atoms with Crippen molar-refractivity contribution in [2.75, 3.05) is 0 Å². The maximum absolute atomic E-state index is 13.0. The van der Waals surface area contributed by atoms with Crippen LogP contribution in [0, 0.1) is 17.6 Å². The average molecular weight is 208 g/mol. The molecule has 0 bridgehead atoms. The third-order valence-electron chi connectivity index (χ3n) is 3.21. The summed E-state index contributed by atoms with van der Waals surface area (Å²) in [6.07, 6.45) is 2.54. The van der Waals surface area contributed by atoms with Crippen LogP contribution in [0.3, 0.4) is 0 Å². The molecule has 1 aromatic carbocycles. The van der Waals surface area contributed by atoms with Crippen molar-refractivity contribution in [2.45, 2.75) is 26.2 Å². The summed E-state index contributed by atoms with van der Waals surface area (Å²) in [5.74, 6) is -1.11. The lowest BCUT2D eigenvalue weighted by atomic mass is 9.96. The van der Waals surface area contributed by atoms with Crippen LogP contribution in [-0.4, -0.2) is 0 Å². The summed E-state index contributed by atoms with van der Waals surface area (Å²) >= 11 is 0. The van der Waals surface area contributed by atoms with Crippen molar-refractivity contribution in [3.05, 3.63) is 47.0 Å². The van der Waals surface area contributed by atoms with Gasteiger partial charge in [-0.2, -0.15) is 0 Å². The predicted octanol–water partition coefficient (Wildman–Crippen LogP) is 3.65. The lowest BCUT2D eigenvalue weighted by Gasteiger charge is -2.09. The zero-order valence-electron chi connectivity index (χ0n) is 8.82. The number of hydrogen-bond donors (Lipinski definition) is 0. The first-order valence-corrected chi connectivity index (χ1v) is 5.26. The van der Waals surface area contributed by atoms with E-state index < -0.39 is 11.6 Å². The molecular formula is C13H14F2. The average Bonchev–Trinajstić information content (AvgIpc) is 2.60. The number of halogens is 2. The fourth-order valence-corrected chi connectivity index (χ4v) is 2.19. The van der Waals surface area contributed by atoms with Gasteiger partial charge in [0, 0.05) is 0 Å². The lowest BCUT2D eigenvalue weighted by Crippen LogP contribution is -2.01. The van der Waals surface area contributed by atoms with Crippen molar-refractivity contribution in [1.82, 2.24) is 0 Å². The van der Waals surface area contributed by atoms with Crippen LogP contribution in [0.1, 0.15) is 24.5 Å². The highest BCUT2D eigenvalue weighted by atomic mass is 19.2. The van der Waals surface area contributed by atoms with Crippen LogP contribution in [0.2, 0.25) is 0 Å². The summed E-state index contributed by atoms with van der Waals surface area (Å²) in [7, 11) is 0. The Morgan fingerprint density at radius 1 is 1.27 bits per heavy atom. The van der Waals surface area contributed by atoms with E-state index in [-0.39, 0.29) is 0 Å². The van der Waals surface area contributed by atoms with Crippen molar-refractivity contribution in [3.63, 3.8) is 0 Å². The number of hydrogen-bond acceptors (Lipinski definition) is 0. The number of fused-ring (bicyclic) bond motifs is 1. The highest BCUT2D eigenvalue weighted by molar-refractivity contribution is 5.36. The fourth-order valence-electron chi connectivity index (χ4n) is 2.19. The Kier molecular flexibility index (Phi) is 2.59. The monoisotopic (exact) mass is 208 g/mol. The maximum Gasteiger partial charge on any atom is 0.159 e. The van der Waals surface area contributed by atoms with E-state index in [4.69, 9.17) is 0 Å². The van der Waals surface area contributed by atoms with E-state index in [9.17, 15) is 8.78 Å². The Morgan fingerprint density at radius 2 is 1.73 bits per heavy atom. The second-order valence-corrected chi connectivity index (χ2v) is 4.15. The molecule has 0 heterocycles. The van der Waals surface area contributed by atoms with E-state index >= 15 is 0 Å². The van der Waals surface area contributed by atoms with Gasteiger partial charge in [-0.3, -0.25) is 0 Å². The highest BCUT2D eigenvalue weighted by Gasteiger charge is 2.24. The zero-order valence-corrected chi connectivity index (χ0v) is 8.82. The number of rotatable bonds is 2. The minimum Gasteiger partial charge on any atom is -0.204 e. The summed E-state index contributed by atoms with van der Waals surface area (Å²) in [5.41, 5.74) is 3.05. The molecule has 0 fully saturated rings. The minimum absolute atomic E-state index is 0.367. The van der Waals surface area contributed by atoms with Crippen molar-refractivity contribution in [1.29, 1.82) is 0 Å². The summed E-state index contributed by atoms with van der Waals surface area (Å²) < 4.78 is 26.0. The molecule has 0 radical (unpaired) electrons. The van der Waals surface area contributed by atoms with E-state index in [0.717, 1.165) is 30.4 Å². The largest absolute Gasteiger partial charge is 0.204 e. The standard InChI is InChI=1S/C13H14F2/c1-3-8(2)9-4-10-6-12(14)13(15)7-11(10)5-9/h6-7,9H,2-5H2,1H3. The SMILES string of the molecule is C=C(CC)C1Cc2cc(F)c(F)cc2C1. The Balaban J connectivity index is 2.27. The van der Waals surface area contributed by atoms with Crippen LogP contribution < -0.4 is 0 Å². The molecule has 1 aliphatic carbocycles. The van der Waals surface area contributed by atoms with E-state index in [1.807, 2.05) is 0 Å².